The molecular weight excluding hydrogens is 1030 g/mol. The summed E-state index contributed by atoms with van der Waals surface area (Å²) in [5.41, 5.74) is 1.34. The third-order valence-corrected chi connectivity index (χ3v) is 18.3. The average Bonchev–Trinajstić information content (AvgIpc) is 3.99. The summed E-state index contributed by atoms with van der Waals surface area (Å²) in [6.45, 7) is 1.58. The number of hydrogen-bond donors (Lipinski definition) is 16. The predicted octanol–water partition coefficient (Wildman–Crippen LogP) is -6.83. The number of rotatable bonds is 15. The summed E-state index contributed by atoms with van der Waals surface area (Å²) < 4.78 is 59.0. The highest BCUT2D eigenvalue weighted by molar-refractivity contribution is 5.95. The maximum absolute atomic E-state index is 12.6. The number of aliphatic hydroxyl groups excluding tert-OH is 16. The molecule has 0 radical (unpaired) electrons. The van der Waals surface area contributed by atoms with Crippen LogP contribution >= 0.6 is 0 Å². The van der Waals surface area contributed by atoms with E-state index in [0.29, 0.717) is 6.42 Å². The first kappa shape index (κ1) is 59.7. The van der Waals surface area contributed by atoms with Gasteiger partial charge >= 0.3 is 0 Å². The van der Waals surface area contributed by atoms with Crippen LogP contribution in [0.25, 0.3) is 0 Å². The van der Waals surface area contributed by atoms with Crippen LogP contribution in [0.5, 0.6) is 0 Å². The Morgan fingerprint density at radius 3 is 1.70 bits per heavy atom. The Bertz CT molecular complexity index is 2080. The van der Waals surface area contributed by atoms with Crippen molar-refractivity contribution in [2.75, 3.05) is 33.0 Å². The van der Waals surface area contributed by atoms with E-state index in [1.165, 1.54) is 0 Å². The van der Waals surface area contributed by atoms with E-state index in [1.807, 2.05) is 0 Å². The van der Waals surface area contributed by atoms with Gasteiger partial charge < -0.3 is 129 Å². The molecule has 0 spiro atoms. The lowest BCUT2D eigenvalue weighted by atomic mass is 9.47. The van der Waals surface area contributed by atoms with Gasteiger partial charge in [-0.1, -0.05) is 31.6 Å². The van der Waals surface area contributed by atoms with Gasteiger partial charge in [0.05, 0.1) is 45.2 Å². The van der Waals surface area contributed by atoms with Crippen LogP contribution in [0.1, 0.15) is 59.3 Å². The highest BCUT2D eigenvalue weighted by Crippen LogP contribution is 2.65. The highest BCUT2D eigenvalue weighted by atomic mass is 16.8. The molecule has 9 aliphatic rings. The minimum Gasteiger partial charge on any atom is -0.394 e. The van der Waals surface area contributed by atoms with Gasteiger partial charge in [-0.15, -0.1) is 0 Å². The molecule has 0 aromatic heterocycles. The number of ether oxygens (including phenoxy) is 10. The molecule has 440 valence electrons. The van der Waals surface area contributed by atoms with E-state index in [1.54, 1.807) is 6.92 Å². The summed E-state index contributed by atoms with van der Waals surface area (Å²) in [6.07, 6.45) is -39.3. The van der Waals surface area contributed by atoms with Crippen LogP contribution in [0.4, 0.5) is 0 Å². The molecule has 9 rings (SSSR count). The molecule has 77 heavy (non-hydrogen) atoms. The van der Waals surface area contributed by atoms with Crippen molar-refractivity contribution in [1.82, 2.24) is 0 Å². The number of fused-ring (bicyclic) bond motifs is 5. The number of carbonyl (C=O) groups excluding carboxylic acids is 1. The highest BCUT2D eigenvalue weighted by Gasteiger charge is 2.61. The Kier molecular flexibility index (Phi) is 18.4. The van der Waals surface area contributed by atoms with Crippen LogP contribution in [-0.2, 0) is 52.2 Å². The third kappa shape index (κ3) is 10.9. The second kappa shape index (κ2) is 23.8. The average molecular weight is 1110 g/mol. The molecule has 0 unspecified atom stereocenters. The molecule has 16 N–H and O–H groups in total. The van der Waals surface area contributed by atoms with Crippen molar-refractivity contribution in [2.24, 2.45) is 28.6 Å². The normalized spacial score (nSPS) is 53.2. The van der Waals surface area contributed by atoms with Crippen molar-refractivity contribution in [3.8, 4) is 0 Å². The van der Waals surface area contributed by atoms with Gasteiger partial charge in [0.25, 0.3) is 0 Å². The van der Waals surface area contributed by atoms with Gasteiger partial charge in [0.15, 0.2) is 37.2 Å². The van der Waals surface area contributed by atoms with Crippen LogP contribution in [-0.4, -0.2) is 280 Å². The summed E-state index contributed by atoms with van der Waals surface area (Å²) in [7, 11) is 0. The molecular formula is C50H78O27. The number of allylic oxidation sites excluding steroid dienone is 3. The van der Waals surface area contributed by atoms with Gasteiger partial charge in [-0.05, 0) is 79.6 Å². The molecule has 4 aliphatic carbocycles. The minimum absolute atomic E-state index is 0.0933. The molecule has 31 atom stereocenters. The Balaban J connectivity index is 0.946. The van der Waals surface area contributed by atoms with Gasteiger partial charge in [-0.2, -0.15) is 0 Å². The molecule has 27 heteroatoms. The zero-order chi connectivity index (χ0) is 55.7. The molecule has 0 aromatic rings. The molecule has 0 amide bonds. The van der Waals surface area contributed by atoms with Gasteiger partial charge in [-0.3, -0.25) is 4.79 Å². The first-order valence-corrected chi connectivity index (χ1v) is 26.5. The van der Waals surface area contributed by atoms with Crippen molar-refractivity contribution in [2.45, 2.75) is 219 Å². The molecule has 0 aromatic carbocycles. The summed E-state index contributed by atoms with van der Waals surface area (Å²) in [5, 5.41) is 174. The van der Waals surface area contributed by atoms with E-state index in [9.17, 15) is 86.5 Å². The number of hydrogen-bond acceptors (Lipinski definition) is 27. The smallest absolute Gasteiger partial charge is 0.187 e. The fraction of sp³-hybridized carbons (Fsp3) is 0.900. The number of carbonyl (C=O) groups is 1. The summed E-state index contributed by atoms with van der Waals surface area (Å²) >= 11 is 0. The third-order valence-electron chi connectivity index (χ3n) is 18.3. The lowest BCUT2D eigenvalue weighted by Gasteiger charge is -2.58. The van der Waals surface area contributed by atoms with Crippen LogP contribution < -0.4 is 0 Å². The van der Waals surface area contributed by atoms with Crippen molar-refractivity contribution >= 4 is 5.78 Å². The lowest BCUT2D eigenvalue weighted by molar-refractivity contribution is -0.409. The summed E-state index contributed by atoms with van der Waals surface area (Å²) in [4.78, 5) is 12.6. The number of aliphatic hydroxyl groups is 16. The maximum atomic E-state index is 12.6. The van der Waals surface area contributed by atoms with Crippen molar-refractivity contribution < 1.29 is 134 Å². The van der Waals surface area contributed by atoms with Crippen LogP contribution in [0.2, 0.25) is 0 Å². The van der Waals surface area contributed by atoms with Gasteiger partial charge in [-0.25, -0.2) is 0 Å². The van der Waals surface area contributed by atoms with Gasteiger partial charge in [0.2, 0.25) is 0 Å². The SMILES string of the molecule is CC(=O)C1=CC[C@@H]2[C@H]3CC=C4C[C@@H](O[C@H]5O[C@@H](CO)[C@H](O[C@H]6O[C@@H](CO)[C@H](O)[C@@H](O[C@H]7OC[C@H](O)[C@@H](O)[C@@H]7O)[C@@H]6O[C@H]6O[C@@H](CO)[C@H](O)[C@@H](O[C@H]7O[C@@H](CO)[C@H](O)[C@@H](O)[C@@H]7O)[C@@H]6O)[C@@H](O)[C@@H]5O)[C@H](O)C[C@]4(C)[C@@H]3CC[C@@]12C. The quantitative estimate of drug-likeness (QED) is 0.0678. The molecule has 5 saturated heterocycles. The van der Waals surface area contributed by atoms with Gasteiger partial charge in [0, 0.05) is 0 Å². The van der Waals surface area contributed by atoms with E-state index in [2.05, 4.69) is 26.0 Å². The molecule has 5 heterocycles. The van der Waals surface area contributed by atoms with E-state index >= 15 is 0 Å². The number of Topliss-reactive ketones (excluding diaryl/α,β-unsaturated/α-hetero) is 1. The molecule has 7 fully saturated rings. The maximum Gasteiger partial charge on any atom is 0.187 e. The molecule has 27 nitrogen and oxygen atoms in total. The zero-order valence-corrected chi connectivity index (χ0v) is 42.8. The van der Waals surface area contributed by atoms with E-state index in [4.69, 9.17) is 47.4 Å². The summed E-state index contributed by atoms with van der Waals surface area (Å²) in [5.74, 6) is 0.878. The molecule has 2 saturated carbocycles. The van der Waals surface area contributed by atoms with Crippen LogP contribution in [0.15, 0.2) is 23.3 Å². The topological polar surface area (TPSA) is 433 Å². The Morgan fingerprint density at radius 1 is 0.519 bits per heavy atom. The zero-order valence-electron chi connectivity index (χ0n) is 42.8. The lowest BCUT2D eigenvalue weighted by Crippen LogP contribution is -2.69. The first-order chi connectivity index (χ1) is 36.5. The summed E-state index contributed by atoms with van der Waals surface area (Å²) in [6, 6.07) is 0. The molecule has 0 bridgehead atoms. The largest absolute Gasteiger partial charge is 0.394 e. The monoisotopic (exact) mass is 1110 g/mol. The van der Waals surface area contributed by atoms with Crippen molar-refractivity contribution in [3.05, 3.63) is 23.3 Å². The van der Waals surface area contributed by atoms with E-state index in [0.717, 1.165) is 36.8 Å². The fourth-order valence-corrected chi connectivity index (χ4v) is 13.9. The van der Waals surface area contributed by atoms with Crippen molar-refractivity contribution in [3.63, 3.8) is 0 Å². The van der Waals surface area contributed by atoms with Crippen LogP contribution in [0, 0.1) is 28.6 Å². The first-order valence-electron chi connectivity index (χ1n) is 26.5. The van der Waals surface area contributed by atoms with Crippen LogP contribution in [0.3, 0.4) is 0 Å². The molecule has 5 aliphatic heterocycles. The van der Waals surface area contributed by atoms with E-state index < -0.39 is 198 Å². The standard InChI is InChI=1S/C50H78O27/c1-17(55)20-6-7-21-19-5-4-18-10-25(23(56)11-50(18,3)22(19)8-9-49(20,21)2)69-45-38(66)35(63)40(29(15-54)73-45)74-48-43(42(33(61)28(14-53)72-48)76-44-36(64)30(58)24(57)16-68-44)77-47-39(67)41(32(60)27(13-52)71-47)75-46-37(65)34(62)31(59)26(12-51)70-46/h4,6,19,21-48,51-54,56-67H,5,7-16H2,1-3H3/t19-,21-,22-,23-,24+,25-,26+,27+,28+,29+,30-,31+,32+,33+,34-,35+,36+,37+,38+,39+,40+,41-,42-,43+,44-,45+,46-,47-,48-,49+,50+/m1/s1. The number of ketones is 1. The van der Waals surface area contributed by atoms with E-state index in [-0.39, 0.29) is 35.4 Å². The Morgan fingerprint density at radius 2 is 1.05 bits per heavy atom. The second-order valence-electron chi connectivity index (χ2n) is 22.8. The fourth-order valence-electron chi connectivity index (χ4n) is 13.9. The minimum atomic E-state index is -2.21. The van der Waals surface area contributed by atoms with Gasteiger partial charge in [0.1, 0.15) is 116 Å². The Labute approximate surface area is 442 Å². The second-order valence-corrected chi connectivity index (χ2v) is 22.8. The predicted molar refractivity (Wildman–Crippen MR) is 250 cm³/mol. The Hall–Kier alpha value is -1.89. The van der Waals surface area contributed by atoms with Crippen molar-refractivity contribution in [1.29, 1.82) is 0 Å².